The van der Waals surface area contributed by atoms with E-state index in [0.29, 0.717) is 6.42 Å². The van der Waals surface area contributed by atoms with E-state index in [2.05, 4.69) is 6.92 Å². The summed E-state index contributed by atoms with van der Waals surface area (Å²) in [5.74, 6) is 0.287. The van der Waals surface area contributed by atoms with E-state index in [4.69, 9.17) is 9.47 Å². The van der Waals surface area contributed by atoms with Gasteiger partial charge in [-0.25, -0.2) is 0 Å². The molecular formula is C12H22O3. The topological polar surface area (TPSA) is 35.5 Å². The standard InChI is InChI=1S/C12H22O3/c1-11(13)6-4-3-5-7-14-8-12(2)9-15-10-12/h3-10H2,1-2H3. The lowest BCUT2D eigenvalue weighted by Gasteiger charge is -2.37. The van der Waals surface area contributed by atoms with Crippen molar-refractivity contribution in [2.24, 2.45) is 5.41 Å². The molecular weight excluding hydrogens is 192 g/mol. The fourth-order valence-corrected chi connectivity index (χ4v) is 1.61. The van der Waals surface area contributed by atoms with Crippen LogP contribution in [0.25, 0.3) is 0 Å². The lowest BCUT2D eigenvalue weighted by atomic mass is 9.90. The number of unbranched alkanes of at least 4 members (excludes halogenated alkanes) is 2. The number of carbonyl (C=O) groups is 1. The van der Waals surface area contributed by atoms with Crippen molar-refractivity contribution in [3.8, 4) is 0 Å². The normalized spacial score (nSPS) is 18.5. The van der Waals surface area contributed by atoms with E-state index in [1.807, 2.05) is 0 Å². The molecule has 0 radical (unpaired) electrons. The Kier molecular flexibility index (Phi) is 5.26. The molecule has 0 amide bonds. The van der Waals surface area contributed by atoms with Crippen LogP contribution in [0, 0.1) is 5.41 Å². The summed E-state index contributed by atoms with van der Waals surface area (Å²) in [6, 6.07) is 0. The van der Waals surface area contributed by atoms with E-state index < -0.39 is 0 Å². The highest BCUT2D eigenvalue weighted by Gasteiger charge is 2.33. The van der Waals surface area contributed by atoms with Crippen LogP contribution in [-0.2, 0) is 14.3 Å². The minimum Gasteiger partial charge on any atom is -0.381 e. The van der Waals surface area contributed by atoms with E-state index in [1.54, 1.807) is 6.92 Å². The zero-order valence-electron chi connectivity index (χ0n) is 9.88. The van der Waals surface area contributed by atoms with Gasteiger partial charge in [0.05, 0.1) is 19.8 Å². The second kappa shape index (κ2) is 6.23. The third-order valence-electron chi connectivity index (χ3n) is 2.67. The molecule has 88 valence electrons. The summed E-state index contributed by atoms with van der Waals surface area (Å²) in [5.41, 5.74) is 0.263. The van der Waals surface area contributed by atoms with Crippen molar-refractivity contribution in [1.82, 2.24) is 0 Å². The van der Waals surface area contributed by atoms with E-state index in [0.717, 1.165) is 45.7 Å². The molecule has 0 spiro atoms. The number of hydrogen-bond acceptors (Lipinski definition) is 3. The SMILES string of the molecule is CC(=O)CCCCCOCC1(C)COC1. The van der Waals surface area contributed by atoms with Gasteiger partial charge < -0.3 is 14.3 Å². The molecule has 0 aromatic rings. The summed E-state index contributed by atoms with van der Waals surface area (Å²) in [6.07, 6.45) is 3.86. The van der Waals surface area contributed by atoms with Crippen LogP contribution in [-0.4, -0.2) is 32.2 Å². The summed E-state index contributed by atoms with van der Waals surface area (Å²) in [5, 5.41) is 0. The van der Waals surface area contributed by atoms with Gasteiger partial charge in [0.2, 0.25) is 0 Å². The van der Waals surface area contributed by atoms with Gasteiger partial charge in [-0.15, -0.1) is 0 Å². The van der Waals surface area contributed by atoms with Gasteiger partial charge in [0.1, 0.15) is 5.78 Å². The number of carbonyl (C=O) groups excluding carboxylic acids is 1. The Balaban J connectivity index is 1.83. The number of hydrogen-bond donors (Lipinski definition) is 0. The number of Topliss-reactive ketones (excluding diaryl/α,β-unsaturated/α-hetero) is 1. The summed E-state index contributed by atoms with van der Waals surface area (Å²) >= 11 is 0. The lowest BCUT2D eigenvalue weighted by Crippen LogP contribution is -2.43. The Labute approximate surface area is 92.1 Å². The van der Waals surface area contributed by atoms with Crippen LogP contribution in [0.3, 0.4) is 0 Å². The largest absolute Gasteiger partial charge is 0.381 e. The van der Waals surface area contributed by atoms with Gasteiger partial charge in [0.25, 0.3) is 0 Å². The molecule has 15 heavy (non-hydrogen) atoms. The molecule has 1 rings (SSSR count). The minimum atomic E-state index is 0.263. The fraction of sp³-hybridized carbons (Fsp3) is 0.917. The molecule has 0 atom stereocenters. The smallest absolute Gasteiger partial charge is 0.129 e. The third-order valence-corrected chi connectivity index (χ3v) is 2.67. The predicted molar refractivity (Wildman–Crippen MR) is 58.9 cm³/mol. The molecule has 3 nitrogen and oxygen atoms in total. The van der Waals surface area contributed by atoms with Gasteiger partial charge in [-0.2, -0.15) is 0 Å². The second-order valence-corrected chi connectivity index (χ2v) is 4.87. The first-order valence-electron chi connectivity index (χ1n) is 5.77. The maximum absolute atomic E-state index is 10.7. The van der Waals surface area contributed by atoms with Crippen LogP contribution < -0.4 is 0 Å². The van der Waals surface area contributed by atoms with Crippen molar-refractivity contribution in [1.29, 1.82) is 0 Å². The molecule has 0 bridgehead atoms. The zero-order valence-corrected chi connectivity index (χ0v) is 9.88. The van der Waals surface area contributed by atoms with Crippen LogP contribution in [0.5, 0.6) is 0 Å². The number of ketones is 1. The minimum absolute atomic E-state index is 0.263. The summed E-state index contributed by atoms with van der Waals surface area (Å²) < 4.78 is 10.7. The Morgan fingerprint density at radius 1 is 1.33 bits per heavy atom. The van der Waals surface area contributed by atoms with Crippen LogP contribution in [0.15, 0.2) is 0 Å². The fourth-order valence-electron chi connectivity index (χ4n) is 1.61. The van der Waals surface area contributed by atoms with Crippen molar-refractivity contribution in [2.45, 2.75) is 39.5 Å². The first kappa shape index (κ1) is 12.7. The Hall–Kier alpha value is -0.410. The molecule has 1 aliphatic rings. The maximum Gasteiger partial charge on any atom is 0.129 e. The first-order valence-corrected chi connectivity index (χ1v) is 5.77. The Bertz CT molecular complexity index is 197. The monoisotopic (exact) mass is 214 g/mol. The number of ether oxygens (including phenoxy) is 2. The Morgan fingerprint density at radius 3 is 2.60 bits per heavy atom. The van der Waals surface area contributed by atoms with Gasteiger partial charge >= 0.3 is 0 Å². The van der Waals surface area contributed by atoms with Crippen molar-refractivity contribution >= 4 is 5.78 Å². The molecule has 0 aromatic carbocycles. The highest BCUT2D eigenvalue weighted by Crippen LogP contribution is 2.26. The molecule has 1 saturated heterocycles. The van der Waals surface area contributed by atoms with Gasteiger partial charge in [-0.1, -0.05) is 13.3 Å². The van der Waals surface area contributed by atoms with Crippen molar-refractivity contribution in [3.63, 3.8) is 0 Å². The summed E-state index contributed by atoms with van der Waals surface area (Å²) in [4.78, 5) is 10.7. The molecule has 0 N–H and O–H groups in total. The van der Waals surface area contributed by atoms with Crippen LogP contribution in [0.4, 0.5) is 0 Å². The van der Waals surface area contributed by atoms with Crippen molar-refractivity contribution < 1.29 is 14.3 Å². The van der Waals surface area contributed by atoms with Crippen LogP contribution in [0.1, 0.15) is 39.5 Å². The van der Waals surface area contributed by atoms with Gasteiger partial charge in [-0.05, 0) is 19.8 Å². The molecule has 0 unspecified atom stereocenters. The average molecular weight is 214 g/mol. The highest BCUT2D eigenvalue weighted by atomic mass is 16.5. The maximum atomic E-state index is 10.7. The van der Waals surface area contributed by atoms with Crippen LogP contribution >= 0.6 is 0 Å². The molecule has 1 aliphatic heterocycles. The molecule has 0 aliphatic carbocycles. The first-order chi connectivity index (χ1) is 7.12. The lowest BCUT2D eigenvalue weighted by molar-refractivity contribution is -0.138. The van der Waals surface area contributed by atoms with E-state index in [1.165, 1.54) is 0 Å². The predicted octanol–water partition coefficient (Wildman–Crippen LogP) is 2.19. The summed E-state index contributed by atoms with van der Waals surface area (Å²) in [6.45, 7) is 7.11. The molecule has 1 heterocycles. The molecule has 0 saturated carbocycles. The Morgan fingerprint density at radius 2 is 2.07 bits per heavy atom. The molecule has 0 aromatic heterocycles. The number of rotatable bonds is 8. The van der Waals surface area contributed by atoms with Crippen molar-refractivity contribution in [3.05, 3.63) is 0 Å². The van der Waals surface area contributed by atoms with Gasteiger partial charge in [-0.3, -0.25) is 0 Å². The molecule has 1 fully saturated rings. The second-order valence-electron chi connectivity index (χ2n) is 4.87. The van der Waals surface area contributed by atoms with Gasteiger partial charge in [0.15, 0.2) is 0 Å². The quantitative estimate of drug-likeness (QED) is 0.581. The third kappa shape index (κ3) is 5.28. The van der Waals surface area contributed by atoms with Crippen molar-refractivity contribution in [2.75, 3.05) is 26.4 Å². The highest BCUT2D eigenvalue weighted by molar-refractivity contribution is 5.75. The van der Waals surface area contributed by atoms with E-state index in [-0.39, 0.29) is 11.2 Å². The van der Waals surface area contributed by atoms with E-state index in [9.17, 15) is 4.79 Å². The average Bonchev–Trinajstić information content (AvgIpc) is 2.13. The zero-order chi connectivity index (χ0) is 11.1. The molecule has 3 heteroatoms. The van der Waals surface area contributed by atoms with E-state index >= 15 is 0 Å². The van der Waals surface area contributed by atoms with Crippen LogP contribution in [0.2, 0.25) is 0 Å². The van der Waals surface area contributed by atoms with Gasteiger partial charge in [0, 0.05) is 18.4 Å². The summed E-state index contributed by atoms with van der Waals surface area (Å²) in [7, 11) is 0.